The van der Waals surface area contributed by atoms with Gasteiger partial charge in [0, 0.05) is 19.3 Å². The number of hydrogen-bond acceptors (Lipinski definition) is 2. The third-order valence-electron chi connectivity index (χ3n) is 2.72. The summed E-state index contributed by atoms with van der Waals surface area (Å²) in [5.74, 6) is -0.615. The van der Waals surface area contributed by atoms with Crippen molar-refractivity contribution in [2.45, 2.75) is 42.4 Å². The van der Waals surface area contributed by atoms with Crippen molar-refractivity contribution in [2.75, 3.05) is 0 Å². The largest absolute Gasteiger partial charge is 0.349 e. The molecule has 1 rings (SSSR count). The van der Waals surface area contributed by atoms with Crippen molar-refractivity contribution in [2.24, 2.45) is 5.92 Å². The number of nitrogens with one attached hydrogen (secondary N) is 1. The SMILES string of the molecule is CC(=O)N[C@H]([C@H]1CCCCC1=O)C(Cl)(Cl)Cl. The quantitative estimate of drug-likeness (QED) is 0.793. The van der Waals surface area contributed by atoms with E-state index in [0.717, 1.165) is 12.8 Å². The molecule has 1 saturated carbocycles. The Balaban J connectivity index is 2.82. The number of Topliss-reactive ketones (excluding diaryl/α,β-unsaturated/α-hetero) is 1. The highest BCUT2D eigenvalue weighted by Crippen LogP contribution is 2.38. The molecule has 1 N–H and O–H groups in total. The van der Waals surface area contributed by atoms with Crippen LogP contribution in [-0.4, -0.2) is 21.5 Å². The van der Waals surface area contributed by atoms with Gasteiger partial charge >= 0.3 is 0 Å². The Morgan fingerprint density at radius 2 is 2.06 bits per heavy atom. The predicted octanol–water partition coefficient (Wildman–Crippen LogP) is 2.62. The molecular weight excluding hydrogens is 272 g/mol. The Bertz CT molecular complexity index is 288. The zero-order valence-corrected chi connectivity index (χ0v) is 11.2. The molecule has 6 heteroatoms. The van der Waals surface area contributed by atoms with Gasteiger partial charge in [-0.2, -0.15) is 0 Å². The number of rotatable bonds is 2. The maximum Gasteiger partial charge on any atom is 0.217 e. The number of carbonyl (C=O) groups is 2. The monoisotopic (exact) mass is 285 g/mol. The van der Waals surface area contributed by atoms with Crippen molar-refractivity contribution >= 4 is 46.5 Å². The van der Waals surface area contributed by atoms with Gasteiger partial charge in [-0.3, -0.25) is 9.59 Å². The van der Waals surface area contributed by atoms with E-state index < -0.39 is 9.83 Å². The van der Waals surface area contributed by atoms with Crippen molar-refractivity contribution in [1.29, 1.82) is 0 Å². The lowest BCUT2D eigenvalue weighted by Crippen LogP contribution is -2.51. The molecule has 0 unspecified atom stereocenters. The minimum atomic E-state index is -1.65. The van der Waals surface area contributed by atoms with Gasteiger partial charge in [-0.1, -0.05) is 41.2 Å². The van der Waals surface area contributed by atoms with Crippen molar-refractivity contribution in [3.05, 3.63) is 0 Å². The van der Waals surface area contributed by atoms with Crippen LogP contribution < -0.4 is 5.32 Å². The topological polar surface area (TPSA) is 46.2 Å². The highest BCUT2D eigenvalue weighted by molar-refractivity contribution is 6.68. The summed E-state index contributed by atoms with van der Waals surface area (Å²) in [7, 11) is 0. The fraction of sp³-hybridized carbons (Fsp3) is 0.800. The van der Waals surface area contributed by atoms with Crippen LogP contribution in [0.5, 0.6) is 0 Å². The molecule has 0 radical (unpaired) electrons. The van der Waals surface area contributed by atoms with Gasteiger partial charge in [0.2, 0.25) is 9.70 Å². The Morgan fingerprint density at radius 3 is 2.50 bits per heavy atom. The third kappa shape index (κ3) is 3.79. The van der Waals surface area contributed by atoms with Crippen molar-refractivity contribution in [3.8, 4) is 0 Å². The summed E-state index contributed by atoms with van der Waals surface area (Å²) in [6.45, 7) is 1.34. The van der Waals surface area contributed by atoms with Crippen molar-refractivity contribution in [1.82, 2.24) is 5.32 Å². The zero-order valence-electron chi connectivity index (χ0n) is 8.93. The summed E-state index contributed by atoms with van der Waals surface area (Å²) < 4.78 is -1.65. The van der Waals surface area contributed by atoms with E-state index in [-0.39, 0.29) is 17.6 Å². The first kappa shape index (κ1) is 14.1. The lowest BCUT2D eigenvalue weighted by Gasteiger charge is -2.33. The second-order valence-corrected chi connectivity index (χ2v) is 6.41. The first-order chi connectivity index (χ1) is 7.32. The van der Waals surface area contributed by atoms with Crippen molar-refractivity contribution in [3.63, 3.8) is 0 Å². The molecule has 0 aromatic heterocycles. The molecule has 3 nitrogen and oxygen atoms in total. The fourth-order valence-electron chi connectivity index (χ4n) is 1.99. The standard InChI is InChI=1S/C10H14Cl3NO2/c1-6(15)14-9(10(11,12)13)7-4-2-3-5-8(7)16/h7,9H,2-5H2,1H3,(H,14,15)/t7-,9+/m0/s1. The van der Waals surface area contributed by atoms with Crippen LogP contribution in [0.25, 0.3) is 0 Å². The summed E-state index contributed by atoms with van der Waals surface area (Å²) in [5, 5.41) is 2.56. The molecule has 16 heavy (non-hydrogen) atoms. The van der Waals surface area contributed by atoms with E-state index in [4.69, 9.17) is 34.8 Å². The third-order valence-corrected chi connectivity index (χ3v) is 3.42. The molecule has 0 spiro atoms. The summed E-state index contributed by atoms with van der Waals surface area (Å²) in [5.41, 5.74) is 0. The molecular formula is C10H14Cl3NO2. The first-order valence-corrected chi connectivity index (χ1v) is 6.32. The van der Waals surface area contributed by atoms with Crippen molar-refractivity contribution < 1.29 is 9.59 Å². The Labute approximate surface area is 110 Å². The number of alkyl halides is 3. The Hall–Kier alpha value is 0.01000. The second-order valence-electron chi connectivity index (χ2n) is 4.04. The molecule has 0 aliphatic heterocycles. The predicted molar refractivity (Wildman–Crippen MR) is 64.9 cm³/mol. The number of hydrogen-bond donors (Lipinski definition) is 1. The van der Waals surface area contributed by atoms with Gasteiger partial charge in [-0.05, 0) is 12.8 Å². The number of ketones is 1. The molecule has 0 aromatic rings. The van der Waals surface area contributed by atoms with Crippen LogP contribution in [-0.2, 0) is 9.59 Å². The van der Waals surface area contributed by atoms with E-state index in [1.54, 1.807) is 0 Å². The lowest BCUT2D eigenvalue weighted by molar-refractivity contribution is -0.126. The van der Waals surface area contributed by atoms with E-state index in [1.165, 1.54) is 6.92 Å². The fourth-order valence-corrected chi connectivity index (χ4v) is 2.61. The molecule has 1 fully saturated rings. The highest BCUT2D eigenvalue weighted by atomic mass is 35.6. The number of halogens is 3. The van der Waals surface area contributed by atoms with Crippen LogP contribution in [0.2, 0.25) is 0 Å². The zero-order chi connectivity index (χ0) is 12.3. The van der Waals surface area contributed by atoms with E-state index in [1.807, 2.05) is 0 Å². The lowest BCUT2D eigenvalue weighted by atomic mass is 9.83. The van der Waals surface area contributed by atoms with Crippen LogP contribution in [0, 0.1) is 5.92 Å². The van der Waals surface area contributed by atoms with E-state index >= 15 is 0 Å². The summed E-state index contributed by atoms with van der Waals surface area (Å²) in [6, 6.07) is -0.734. The summed E-state index contributed by atoms with van der Waals surface area (Å²) >= 11 is 17.4. The minimum absolute atomic E-state index is 0.0660. The molecule has 92 valence electrons. The van der Waals surface area contributed by atoms with Crippen LogP contribution in [0.1, 0.15) is 32.6 Å². The maximum absolute atomic E-state index is 11.7. The van der Waals surface area contributed by atoms with Gasteiger partial charge in [-0.25, -0.2) is 0 Å². The Kier molecular flexibility index (Phi) is 4.89. The summed E-state index contributed by atoms with van der Waals surface area (Å²) in [6.07, 6.45) is 2.97. The van der Waals surface area contributed by atoms with E-state index in [0.29, 0.717) is 12.8 Å². The van der Waals surface area contributed by atoms with Crippen LogP contribution in [0.15, 0.2) is 0 Å². The van der Waals surface area contributed by atoms with Crippen LogP contribution in [0.3, 0.4) is 0 Å². The molecule has 0 heterocycles. The van der Waals surface area contributed by atoms with E-state index in [2.05, 4.69) is 5.32 Å². The minimum Gasteiger partial charge on any atom is -0.349 e. The van der Waals surface area contributed by atoms with Gasteiger partial charge in [0.1, 0.15) is 5.78 Å². The Morgan fingerprint density at radius 1 is 1.44 bits per heavy atom. The molecule has 2 atom stereocenters. The molecule has 1 amide bonds. The van der Waals surface area contributed by atoms with Gasteiger partial charge in [0.25, 0.3) is 0 Å². The van der Waals surface area contributed by atoms with Gasteiger partial charge in [0.15, 0.2) is 0 Å². The molecule has 0 saturated heterocycles. The average molecular weight is 287 g/mol. The van der Waals surface area contributed by atoms with Gasteiger partial charge in [0.05, 0.1) is 6.04 Å². The molecule has 1 aliphatic carbocycles. The molecule has 0 aromatic carbocycles. The normalized spacial score (nSPS) is 24.0. The van der Waals surface area contributed by atoms with E-state index in [9.17, 15) is 9.59 Å². The smallest absolute Gasteiger partial charge is 0.217 e. The maximum atomic E-state index is 11.7. The molecule has 0 bridgehead atoms. The van der Waals surface area contributed by atoms with Gasteiger partial charge < -0.3 is 5.32 Å². The first-order valence-electron chi connectivity index (χ1n) is 5.19. The molecule has 1 aliphatic rings. The van der Waals surface area contributed by atoms with Crippen LogP contribution in [0.4, 0.5) is 0 Å². The van der Waals surface area contributed by atoms with Gasteiger partial charge in [-0.15, -0.1) is 0 Å². The average Bonchev–Trinajstić information content (AvgIpc) is 2.13. The number of carbonyl (C=O) groups excluding carboxylic acids is 2. The summed E-state index contributed by atoms with van der Waals surface area (Å²) in [4.78, 5) is 22.8. The highest BCUT2D eigenvalue weighted by Gasteiger charge is 2.42. The number of amides is 1. The van der Waals surface area contributed by atoms with Crippen LogP contribution >= 0.6 is 34.8 Å². The second kappa shape index (κ2) is 5.56.